The molecule has 6 nitrogen and oxygen atoms in total. The van der Waals surface area contributed by atoms with E-state index in [-0.39, 0.29) is 18.3 Å². The fraction of sp³-hybridized carbons (Fsp3) is 0.316. The van der Waals surface area contributed by atoms with Crippen molar-refractivity contribution in [2.24, 2.45) is 0 Å². The van der Waals surface area contributed by atoms with Gasteiger partial charge in [0.1, 0.15) is 0 Å². The molecule has 1 aliphatic rings. The van der Waals surface area contributed by atoms with Gasteiger partial charge < -0.3 is 9.42 Å². The van der Waals surface area contributed by atoms with Crippen LogP contribution in [0.2, 0.25) is 5.02 Å². The van der Waals surface area contributed by atoms with E-state index in [1.165, 1.54) is 11.3 Å². The summed E-state index contributed by atoms with van der Waals surface area (Å²) in [6, 6.07) is 8.77. The number of likely N-dealkylation sites (N-methyl/N-ethyl adjacent to an activating group) is 1. The molecule has 0 fully saturated rings. The summed E-state index contributed by atoms with van der Waals surface area (Å²) in [5.74, 6) is -1.50. The number of hydrogen-bond acceptors (Lipinski definition) is 6. The Bertz CT molecular complexity index is 1060. The predicted octanol–water partition coefficient (Wildman–Crippen LogP) is 4.49. The van der Waals surface area contributed by atoms with E-state index in [1.807, 2.05) is 4.90 Å². The summed E-state index contributed by atoms with van der Waals surface area (Å²) in [6.07, 6.45) is -3.97. The number of alkyl halides is 3. The van der Waals surface area contributed by atoms with Crippen LogP contribution in [0.1, 0.15) is 16.3 Å². The van der Waals surface area contributed by atoms with Crippen LogP contribution in [0.5, 0.6) is 0 Å². The molecule has 2 aromatic heterocycles. The Morgan fingerprint density at radius 3 is 2.73 bits per heavy atom. The molecule has 11 heteroatoms. The zero-order valence-corrected chi connectivity index (χ0v) is 17.3. The Morgan fingerprint density at radius 2 is 2.07 bits per heavy atom. The smallest absolute Gasteiger partial charge is 0.329 e. The number of thiophene rings is 1. The van der Waals surface area contributed by atoms with Crippen molar-refractivity contribution in [2.45, 2.75) is 19.1 Å². The van der Waals surface area contributed by atoms with Crippen LogP contribution < -0.4 is 4.90 Å². The lowest BCUT2D eigenvalue weighted by molar-refractivity contribution is -0.159. The number of benzene rings is 1. The van der Waals surface area contributed by atoms with Crippen LogP contribution in [0.4, 0.5) is 18.9 Å². The first-order chi connectivity index (χ1) is 14.2. The normalized spacial score (nSPS) is 14.6. The highest BCUT2D eigenvalue weighted by Crippen LogP contribution is 2.35. The van der Waals surface area contributed by atoms with E-state index < -0.39 is 12.1 Å². The quantitative estimate of drug-likeness (QED) is 0.578. The van der Waals surface area contributed by atoms with Crippen LogP contribution in [0.15, 0.2) is 34.9 Å². The Balaban J connectivity index is 1.43. The van der Waals surface area contributed by atoms with E-state index in [2.05, 4.69) is 14.7 Å². The van der Waals surface area contributed by atoms with Gasteiger partial charge in [-0.3, -0.25) is 9.69 Å². The molecular weight excluding hydrogens is 441 g/mol. The van der Waals surface area contributed by atoms with Gasteiger partial charge in [0.25, 0.3) is 0 Å². The van der Waals surface area contributed by atoms with Crippen LogP contribution >= 0.6 is 22.9 Å². The minimum Gasteiger partial charge on any atom is -0.329 e. The lowest BCUT2D eigenvalue weighted by Gasteiger charge is -2.28. The molecular formula is C19H16ClF3N4O2S. The summed E-state index contributed by atoms with van der Waals surface area (Å²) in [5.41, 5.74) is 1.71. The monoisotopic (exact) mass is 456 g/mol. The zero-order valence-electron chi connectivity index (χ0n) is 15.7. The maximum absolute atomic E-state index is 12.7. The van der Waals surface area contributed by atoms with Crippen LogP contribution in [0.3, 0.4) is 0 Å². The van der Waals surface area contributed by atoms with Crippen LogP contribution in [0, 0.1) is 0 Å². The Kier molecular flexibility index (Phi) is 5.56. The largest absolute Gasteiger partial charge is 0.471 e. The minimum absolute atomic E-state index is 0.0655. The number of carbonyl (C=O) groups excluding carboxylic acids is 1. The van der Waals surface area contributed by atoms with Crippen molar-refractivity contribution >= 4 is 34.5 Å². The van der Waals surface area contributed by atoms with Gasteiger partial charge in [0.05, 0.1) is 11.4 Å². The third kappa shape index (κ3) is 4.35. The molecule has 1 aromatic carbocycles. The van der Waals surface area contributed by atoms with Crippen molar-refractivity contribution in [3.63, 3.8) is 0 Å². The number of halogens is 4. The van der Waals surface area contributed by atoms with Gasteiger partial charge in [0, 0.05) is 35.7 Å². The second-order valence-electron chi connectivity index (χ2n) is 6.87. The van der Waals surface area contributed by atoms with Crippen LogP contribution in [0.25, 0.3) is 10.7 Å². The first-order valence-electron chi connectivity index (χ1n) is 8.98. The SMILES string of the molecule is CN(C(=O)CN1CCc2sc(-c3noc(C(F)(F)F)n3)cc2C1)c1ccc(Cl)cc1. The number of carbonyl (C=O) groups is 1. The van der Waals surface area contributed by atoms with Gasteiger partial charge in [-0.15, -0.1) is 11.3 Å². The lowest BCUT2D eigenvalue weighted by Crippen LogP contribution is -2.40. The number of aromatic nitrogens is 2. The van der Waals surface area contributed by atoms with Gasteiger partial charge in [-0.05, 0) is 42.3 Å². The van der Waals surface area contributed by atoms with Gasteiger partial charge in [0.2, 0.25) is 11.7 Å². The molecule has 0 saturated carbocycles. The second-order valence-corrected chi connectivity index (χ2v) is 8.44. The van der Waals surface area contributed by atoms with Gasteiger partial charge in [-0.2, -0.15) is 18.2 Å². The molecule has 3 heterocycles. The maximum Gasteiger partial charge on any atom is 0.471 e. The zero-order chi connectivity index (χ0) is 21.5. The molecule has 1 aliphatic heterocycles. The molecule has 0 aliphatic carbocycles. The molecule has 3 aromatic rings. The fourth-order valence-electron chi connectivity index (χ4n) is 3.18. The minimum atomic E-state index is -4.67. The summed E-state index contributed by atoms with van der Waals surface area (Å²) in [6.45, 7) is 1.42. The van der Waals surface area contributed by atoms with Crippen molar-refractivity contribution < 1.29 is 22.5 Å². The first kappa shape index (κ1) is 20.8. The molecule has 0 bridgehead atoms. The molecule has 0 atom stereocenters. The average Bonchev–Trinajstić information content (AvgIpc) is 3.34. The van der Waals surface area contributed by atoms with Crippen LogP contribution in [-0.4, -0.2) is 41.1 Å². The molecule has 0 N–H and O–H groups in total. The first-order valence-corrected chi connectivity index (χ1v) is 10.2. The second kappa shape index (κ2) is 8.01. The summed E-state index contributed by atoms with van der Waals surface area (Å²) < 4.78 is 42.4. The number of fused-ring (bicyclic) bond motifs is 1. The van der Waals surface area contributed by atoms with Crippen LogP contribution in [-0.2, 0) is 23.9 Å². The summed E-state index contributed by atoms with van der Waals surface area (Å²) in [4.78, 5) is 21.2. The third-order valence-electron chi connectivity index (χ3n) is 4.78. The average molecular weight is 457 g/mol. The van der Waals surface area contributed by atoms with E-state index >= 15 is 0 Å². The molecule has 158 valence electrons. The molecule has 4 rings (SSSR count). The number of nitrogens with zero attached hydrogens (tertiary/aromatic N) is 4. The van der Waals surface area contributed by atoms with E-state index in [0.717, 1.165) is 16.1 Å². The van der Waals surface area contributed by atoms with Crippen molar-refractivity contribution in [2.75, 3.05) is 25.0 Å². The standard InChI is InChI=1S/C19H16ClF3N4O2S/c1-26(13-4-2-12(20)3-5-13)16(28)10-27-7-6-14-11(9-27)8-15(30-14)17-24-18(29-25-17)19(21,22)23/h2-5,8H,6-7,9-10H2,1H3. The number of amides is 1. The third-order valence-corrected chi connectivity index (χ3v) is 6.27. The summed E-state index contributed by atoms with van der Waals surface area (Å²) >= 11 is 7.24. The number of hydrogen-bond donors (Lipinski definition) is 0. The molecule has 0 radical (unpaired) electrons. The van der Waals surface area contributed by atoms with E-state index in [1.54, 1.807) is 42.3 Å². The van der Waals surface area contributed by atoms with Gasteiger partial charge in [-0.1, -0.05) is 16.8 Å². The lowest BCUT2D eigenvalue weighted by atomic mass is 10.1. The summed E-state index contributed by atoms with van der Waals surface area (Å²) in [5, 5.41) is 4.04. The highest BCUT2D eigenvalue weighted by atomic mass is 35.5. The molecule has 0 spiro atoms. The molecule has 0 unspecified atom stereocenters. The maximum atomic E-state index is 12.7. The fourth-order valence-corrected chi connectivity index (χ4v) is 4.40. The highest BCUT2D eigenvalue weighted by molar-refractivity contribution is 7.15. The number of rotatable bonds is 4. The van der Waals surface area contributed by atoms with E-state index in [0.29, 0.717) is 29.4 Å². The molecule has 0 saturated heterocycles. The predicted molar refractivity (Wildman–Crippen MR) is 106 cm³/mol. The van der Waals surface area contributed by atoms with Gasteiger partial charge in [0.15, 0.2) is 0 Å². The van der Waals surface area contributed by atoms with Crippen molar-refractivity contribution in [3.8, 4) is 10.7 Å². The van der Waals surface area contributed by atoms with E-state index in [9.17, 15) is 18.0 Å². The highest BCUT2D eigenvalue weighted by Gasteiger charge is 2.38. The Morgan fingerprint density at radius 1 is 1.33 bits per heavy atom. The van der Waals surface area contributed by atoms with Crippen molar-refractivity contribution in [1.82, 2.24) is 15.0 Å². The number of anilines is 1. The Hall–Kier alpha value is -2.43. The van der Waals surface area contributed by atoms with Crippen molar-refractivity contribution in [1.29, 1.82) is 0 Å². The topological polar surface area (TPSA) is 62.5 Å². The van der Waals surface area contributed by atoms with Gasteiger partial charge >= 0.3 is 12.1 Å². The molecule has 1 amide bonds. The summed E-state index contributed by atoms with van der Waals surface area (Å²) in [7, 11) is 1.71. The van der Waals surface area contributed by atoms with Crippen molar-refractivity contribution in [3.05, 3.63) is 51.7 Å². The molecule has 30 heavy (non-hydrogen) atoms. The Labute approximate surface area is 178 Å². The van der Waals surface area contributed by atoms with E-state index in [4.69, 9.17) is 11.6 Å². The van der Waals surface area contributed by atoms with Gasteiger partial charge in [-0.25, -0.2) is 0 Å².